The molecular formula is C14H22N6O. The summed E-state index contributed by atoms with van der Waals surface area (Å²) in [4.78, 5) is 10.9. The van der Waals surface area contributed by atoms with Crippen LogP contribution >= 0.6 is 0 Å². The van der Waals surface area contributed by atoms with E-state index in [1.807, 2.05) is 49.9 Å². The number of aryl methyl sites for hydroxylation is 2. The minimum atomic E-state index is -0.0554. The van der Waals surface area contributed by atoms with Crippen molar-refractivity contribution in [3.63, 3.8) is 0 Å². The Kier molecular flexibility index (Phi) is 4.74. The lowest BCUT2D eigenvalue weighted by atomic mass is 10.2. The molecule has 0 unspecified atom stereocenters. The smallest absolute Gasteiger partial charge is 0.225 e. The highest BCUT2D eigenvalue weighted by atomic mass is 16.5. The van der Waals surface area contributed by atoms with E-state index in [1.54, 1.807) is 13.3 Å². The molecule has 0 saturated heterocycles. The Balaban J connectivity index is 2.25. The fraction of sp³-hybridized carbons (Fsp3) is 0.500. The van der Waals surface area contributed by atoms with E-state index in [4.69, 9.17) is 4.74 Å². The largest absolute Gasteiger partial charge is 0.382 e. The second-order valence-electron chi connectivity index (χ2n) is 5.13. The molecule has 2 rings (SSSR count). The van der Waals surface area contributed by atoms with Crippen molar-refractivity contribution in [3.8, 4) is 0 Å². The third-order valence-corrected chi connectivity index (χ3v) is 3.22. The van der Waals surface area contributed by atoms with Crippen LogP contribution in [0.5, 0.6) is 0 Å². The highest BCUT2D eigenvalue weighted by molar-refractivity contribution is 5.48. The molecule has 2 aromatic heterocycles. The molecule has 0 saturated carbocycles. The van der Waals surface area contributed by atoms with Gasteiger partial charge in [-0.1, -0.05) is 0 Å². The van der Waals surface area contributed by atoms with Crippen molar-refractivity contribution < 1.29 is 4.74 Å². The number of nitrogens with one attached hydrogen (secondary N) is 1. The number of hydrogen-bond acceptors (Lipinski definition) is 6. The third kappa shape index (κ3) is 3.49. The van der Waals surface area contributed by atoms with Gasteiger partial charge in [0.05, 0.1) is 18.3 Å². The Morgan fingerprint density at radius 3 is 2.76 bits per heavy atom. The van der Waals surface area contributed by atoms with Crippen LogP contribution < -0.4 is 10.2 Å². The van der Waals surface area contributed by atoms with E-state index in [-0.39, 0.29) is 6.04 Å². The SMILES string of the molecule is COC[C@H](Nc1ncc(C)c(N(C)C)n1)c1ccnn1C. The molecule has 114 valence electrons. The predicted octanol–water partition coefficient (Wildman–Crippen LogP) is 1.38. The molecule has 0 aliphatic carbocycles. The summed E-state index contributed by atoms with van der Waals surface area (Å²) in [6.07, 6.45) is 3.58. The van der Waals surface area contributed by atoms with Gasteiger partial charge in [-0.05, 0) is 13.0 Å². The summed E-state index contributed by atoms with van der Waals surface area (Å²) < 4.78 is 7.10. The molecule has 0 aromatic carbocycles. The summed E-state index contributed by atoms with van der Waals surface area (Å²) in [6.45, 7) is 2.50. The van der Waals surface area contributed by atoms with Crippen LogP contribution in [-0.4, -0.2) is 47.6 Å². The number of hydrogen-bond donors (Lipinski definition) is 1. The lowest BCUT2D eigenvalue weighted by Crippen LogP contribution is -2.21. The van der Waals surface area contributed by atoms with Gasteiger partial charge >= 0.3 is 0 Å². The molecule has 21 heavy (non-hydrogen) atoms. The average Bonchev–Trinajstić information content (AvgIpc) is 2.86. The van der Waals surface area contributed by atoms with Crippen LogP contribution in [0.4, 0.5) is 11.8 Å². The molecule has 2 aromatic rings. The molecule has 0 amide bonds. The van der Waals surface area contributed by atoms with Crippen molar-refractivity contribution in [1.29, 1.82) is 0 Å². The van der Waals surface area contributed by atoms with Crippen molar-refractivity contribution in [1.82, 2.24) is 19.7 Å². The molecule has 2 heterocycles. The first kappa shape index (κ1) is 15.2. The van der Waals surface area contributed by atoms with Crippen LogP contribution in [0.25, 0.3) is 0 Å². The number of aromatic nitrogens is 4. The van der Waals surface area contributed by atoms with Gasteiger partial charge in [0.1, 0.15) is 5.82 Å². The second-order valence-corrected chi connectivity index (χ2v) is 5.13. The zero-order chi connectivity index (χ0) is 15.4. The normalized spacial score (nSPS) is 12.2. The van der Waals surface area contributed by atoms with Crippen molar-refractivity contribution in [2.75, 3.05) is 38.0 Å². The molecule has 1 atom stereocenters. The first-order valence-electron chi connectivity index (χ1n) is 6.77. The van der Waals surface area contributed by atoms with E-state index in [9.17, 15) is 0 Å². The molecule has 0 radical (unpaired) electrons. The van der Waals surface area contributed by atoms with Crippen LogP contribution in [0.1, 0.15) is 17.3 Å². The number of rotatable bonds is 6. The van der Waals surface area contributed by atoms with Gasteiger partial charge in [0.15, 0.2) is 0 Å². The minimum Gasteiger partial charge on any atom is -0.382 e. The molecule has 0 fully saturated rings. The minimum absolute atomic E-state index is 0.0554. The first-order chi connectivity index (χ1) is 10.0. The van der Waals surface area contributed by atoms with Crippen molar-refractivity contribution in [2.24, 2.45) is 7.05 Å². The second kappa shape index (κ2) is 6.53. The van der Waals surface area contributed by atoms with E-state index >= 15 is 0 Å². The Labute approximate surface area is 125 Å². The van der Waals surface area contributed by atoms with Gasteiger partial charge in [0.25, 0.3) is 0 Å². The van der Waals surface area contributed by atoms with Crippen molar-refractivity contribution in [3.05, 3.63) is 29.7 Å². The van der Waals surface area contributed by atoms with Gasteiger partial charge in [0, 0.05) is 46.2 Å². The fourth-order valence-corrected chi connectivity index (χ4v) is 2.20. The molecule has 7 nitrogen and oxygen atoms in total. The summed E-state index contributed by atoms with van der Waals surface area (Å²) >= 11 is 0. The van der Waals surface area contributed by atoms with E-state index in [0.29, 0.717) is 12.6 Å². The van der Waals surface area contributed by atoms with Gasteiger partial charge in [-0.25, -0.2) is 4.98 Å². The van der Waals surface area contributed by atoms with Gasteiger partial charge in [-0.2, -0.15) is 10.1 Å². The molecule has 7 heteroatoms. The third-order valence-electron chi connectivity index (χ3n) is 3.22. The standard InChI is InChI=1S/C14H22N6O/c1-10-8-15-14(18-13(10)19(2)3)17-11(9-21-5)12-6-7-16-20(12)4/h6-8,11H,9H2,1-5H3,(H,15,17,18)/t11-/m0/s1. The number of nitrogens with zero attached hydrogens (tertiary/aromatic N) is 5. The number of methoxy groups -OCH3 is 1. The average molecular weight is 290 g/mol. The Bertz CT molecular complexity index is 595. The molecule has 0 bridgehead atoms. The predicted molar refractivity (Wildman–Crippen MR) is 82.5 cm³/mol. The Morgan fingerprint density at radius 1 is 1.43 bits per heavy atom. The van der Waals surface area contributed by atoms with Gasteiger partial charge in [0.2, 0.25) is 5.95 Å². The van der Waals surface area contributed by atoms with Crippen LogP contribution in [0.2, 0.25) is 0 Å². The lowest BCUT2D eigenvalue weighted by molar-refractivity contribution is 0.183. The van der Waals surface area contributed by atoms with Crippen molar-refractivity contribution >= 4 is 11.8 Å². The molecule has 0 aliphatic heterocycles. The van der Waals surface area contributed by atoms with E-state index in [1.165, 1.54) is 0 Å². The summed E-state index contributed by atoms with van der Waals surface area (Å²) in [5.74, 6) is 1.47. The maximum absolute atomic E-state index is 5.29. The Hall–Kier alpha value is -2.15. The Morgan fingerprint density at radius 2 is 2.19 bits per heavy atom. The molecule has 0 aliphatic rings. The zero-order valence-corrected chi connectivity index (χ0v) is 13.2. The maximum Gasteiger partial charge on any atom is 0.225 e. The maximum atomic E-state index is 5.29. The fourth-order valence-electron chi connectivity index (χ4n) is 2.20. The lowest BCUT2D eigenvalue weighted by Gasteiger charge is -2.20. The van der Waals surface area contributed by atoms with Crippen LogP contribution in [0.15, 0.2) is 18.5 Å². The quantitative estimate of drug-likeness (QED) is 0.867. The van der Waals surface area contributed by atoms with Crippen LogP contribution in [-0.2, 0) is 11.8 Å². The van der Waals surface area contributed by atoms with Gasteiger partial charge in [-0.15, -0.1) is 0 Å². The van der Waals surface area contributed by atoms with Crippen LogP contribution in [0.3, 0.4) is 0 Å². The highest BCUT2D eigenvalue weighted by Gasteiger charge is 2.17. The monoisotopic (exact) mass is 290 g/mol. The summed E-state index contributed by atoms with van der Waals surface area (Å²) in [7, 11) is 7.51. The van der Waals surface area contributed by atoms with E-state index < -0.39 is 0 Å². The van der Waals surface area contributed by atoms with E-state index in [2.05, 4.69) is 20.4 Å². The summed E-state index contributed by atoms with van der Waals surface area (Å²) in [5, 5.41) is 7.50. The highest BCUT2D eigenvalue weighted by Crippen LogP contribution is 2.20. The number of ether oxygens (including phenoxy) is 1. The zero-order valence-electron chi connectivity index (χ0n) is 13.2. The topological polar surface area (TPSA) is 68.1 Å². The first-order valence-corrected chi connectivity index (χ1v) is 6.77. The van der Waals surface area contributed by atoms with Gasteiger partial charge < -0.3 is 15.0 Å². The van der Waals surface area contributed by atoms with Gasteiger partial charge in [-0.3, -0.25) is 4.68 Å². The van der Waals surface area contributed by atoms with Crippen LogP contribution in [0, 0.1) is 6.92 Å². The number of anilines is 2. The summed E-state index contributed by atoms with van der Waals surface area (Å²) in [6, 6.07) is 1.90. The molecular weight excluding hydrogens is 268 g/mol. The van der Waals surface area contributed by atoms with E-state index in [0.717, 1.165) is 17.1 Å². The molecule has 0 spiro atoms. The van der Waals surface area contributed by atoms with Crippen molar-refractivity contribution in [2.45, 2.75) is 13.0 Å². The molecule has 1 N–H and O–H groups in total. The summed E-state index contributed by atoms with van der Waals surface area (Å²) in [5.41, 5.74) is 2.06.